The Balaban J connectivity index is 1.33. The largest absolute Gasteiger partial charge is 0.372 e. The lowest BCUT2D eigenvalue weighted by molar-refractivity contribution is -0.130. The summed E-state index contributed by atoms with van der Waals surface area (Å²) in [6.07, 6.45) is 5.47. The van der Waals surface area contributed by atoms with Gasteiger partial charge in [0.1, 0.15) is 6.33 Å². The van der Waals surface area contributed by atoms with Gasteiger partial charge in [0.15, 0.2) is 0 Å². The molecule has 170 valence electrons. The summed E-state index contributed by atoms with van der Waals surface area (Å²) in [5, 5.41) is 23.6. The molecule has 11 nitrogen and oxygen atoms in total. The number of hydrogen-bond donors (Lipinski definition) is 1. The molecular weight excluding hydrogens is 422 g/mol. The van der Waals surface area contributed by atoms with Crippen molar-refractivity contribution >= 4 is 5.91 Å². The van der Waals surface area contributed by atoms with Crippen LogP contribution in [0.15, 0.2) is 36.9 Å². The topological polar surface area (TPSA) is 135 Å². The summed E-state index contributed by atoms with van der Waals surface area (Å²) in [4.78, 5) is 23.2. The number of aromatic nitrogens is 6. The average Bonchev–Trinajstić information content (AvgIpc) is 3.38. The van der Waals surface area contributed by atoms with Crippen LogP contribution in [0.1, 0.15) is 34.8 Å². The van der Waals surface area contributed by atoms with E-state index in [1.807, 2.05) is 30.0 Å². The van der Waals surface area contributed by atoms with E-state index in [4.69, 9.17) is 4.74 Å². The molecule has 11 heteroatoms. The van der Waals surface area contributed by atoms with Gasteiger partial charge in [-0.25, -0.2) is 9.97 Å². The van der Waals surface area contributed by atoms with Crippen molar-refractivity contribution in [3.05, 3.63) is 59.2 Å². The lowest BCUT2D eigenvalue weighted by Gasteiger charge is -2.27. The van der Waals surface area contributed by atoms with Crippen LogP contribution in [-0.2, 0) is 16.0 Å². The number of amides is 1. The molecule has 0 unspecified atom stereocenters. The fraction of sp³-hybridized carbons (Fsp3) is 0.409. The highest BCUT2D eigenvalue weighted by Crippen LogP contribution is 2.23. The molecule has 0 spiro atoms. The lowest BCUT2D eigenvalue weighted by Crippen LogP contribution is -2.41. The molecule has 0 aliphatic carbocycles. The van der Waals surface area contributed by atoms with E-state index in [-0.39, 0.29) is 18.4 Å². The Bertz CT molecular complexity index is 1100. The molecule has 1 N–H and O–H groups in total. The van der Waals surface area contributed by atoms with Crippen molar-refractivity contribution in [2.45, 2.75) is 25.9 Å². The van der Waals surface area contributed by atoms with Crippen LogP contribution in [0.5, 0.6) is 0 Å². The first-order chi connectivity index (χ1) is 16.2. The summed E-state index contributed by atoms with van der Waals surface area (Å²) in [6, 6.07) is 7.96. The molecule has 2 aromatic heterocycles. The summed E-state index contributed by atoms with van der Waals surface area (Å²) >= 11 is 0. The van der Waals surface area contributed by atoms with Crippen LogP contribution < -0.4 is 5.32 Å². The molecule has 1 saturated heterocycles. The van der Waals surface area contributed by atoms with Crippen LogP contribution in [-0.4, -0.2) is 73.8 Å². The first-order valence-electron chi connectivity index (χ1n) is 10.8. The quantitative estimate of drug-likeness (QED) is 0.615. The molecule has 1 aliphatic rings. The Labute approximate surface area is 191 Å². The molecule has 3 aromatic rings. The van der Waals surface area contributed by atoms with Crippen LogP contribution in [0.2, 0.25) is 0 Å². The number of rotatable bonds is 4. The summed E-state index contributed by atoms with van der Waals surface area (Å²) in [5.41, 5.74) is 3.38. The molecular formula is C22H25N9O2. The maximum Gasteiger partial charge on any atom is 0.253 e. The van der Waals surface area contributed by atoms with Crippen LogP contribution in [0, 0.1) is 18.3 Å². The van der Waals surface area contributed by atoms with Gasteiger partial charge in [0.25, 0.3) is 5.95 Å². The summed E-state index contributed by atoms with van der Waals surface area (Å²) in [5.74, 6) is 0.368. The number of nitrogens with one attached hydrogen (secondary N) is 1. The third kappa shape index (κ3) is 5.54. The Morgan fingerprint density at radius 2 is 2.15 bits per heavy atom. The molecule has 1 aromatic carbocycles. The van der Waals surface area contributed by atoms with Crippen molar-refractivity contribution in [3.8, 4) is 12.0 Å². The van der Waals surface area contributed by atoms with E-state index in [2.05, 4.69) is 36.9 Å². The lowest BCUT2D eigenvalue weighted by atomic mass is 9.98. The van der Waals surface area contributed by atoms with Gasteiger partial charge in [-0.15, -0.1) is 5.10 Å². The number of nitriles is 1. The van der Waals surface area contributed by atoms with Crippen LogP contribution >= 0.6 is 0 Å². The van der Waals surface area contributed by atoms with E-state index >= 15 is 0 Å². The normalized spacial score (nSPS) is 17.3. The van der Waals surface area contributed by atoms with Crippen molar-refractivity contribution < 1.29 is 9.53 Å². The van der Waals surface area contributed by atoms with Gasteiger partial charge in [0, 0.05) is 45.2 Å². The molecule has 4 rings (SSSR count). The Morgan fingerprint density at radius 1 is 1.30 bits per heavy atom. The second-order valence-electron chi connectivity index (χ2n) is 7.75. The molecule has 0 radical (unpaired) electrons. The van der Waals surface area contributed by atoms with Crippen LogP contribution in [0.3, 0.4) is 0 Å². The van der Waals surface area contributed by atoms with Crippen LogP contribution in [0.4, 0.5) is 0 Å². The van der Waals surface area contributed by atoms with Gasteiger partial charge in [-0.05, 0) is 46.5 Å². The SMILES string of the molecule is Cc1c(C#N)cccc1[C@H]1CNCCN(C(=O)Cc2cnc(-n3cnnn3)nc2)CCCO1. The second-order valence-corrected chi connectivity index (χ2v) is 7.75. The molecule has 0 bridgehead atoms. The van der Waals surface area contributed by atoms with Gasteiger partial charge in [-0.2, -0.15) is 9.94 Å². The van der Waals surface area contributed by atoms with Crippen molar-refractivity contribution in [3.63, 3.8) is 0 Å². The van der Waals surface area contributed by atoms with Gasteiger partial charge in [0.2, 0.25) is 5.91 Å². The zero-order valence-corrected chi connectivity index (χ0v) is 18.4. The number of nitrogens with zero attached hydrogens (tertiary/aromatic N) is 8. The summed E-state index contributed by atoms with van der Waals surface area (Å²) in [6.45, 7) is 4.95. The van der Waals surface area contributed by atoms with Gasteiger partial charge in [0.05, 0.1) is 24.2 Å². The van der Waals surface area contributed by atoms with Gasteiger partial charge >= 0.3 is 0 Å². The fourth-order valence-electron chi connectivity index (χ4n) is 3.77. The fourth-order valence-corrected chi connectivity index (χ4v) is 3.77. The minimum absolute atomic E-state index is 0.0188. The predicted octanol–water partition coefficient (Wildman–Crippen LogP) is 0.755. The van der Waals surface area contributed by atoms with Crippen molar-refractivity contribution in [2.75, 3.05) is 32.8 Å². The monoisotopic (exact) mass is 447 g/mol. The first kappa shape index (κ1) is 22.4. The maximum absolute atomic E-state index is 12.9. The summed E-state index contributed by atoms with van der Waals surface area (Å²) in [7, 11) is 0. The summed E-state index contributed by atoms with van der Waals surface area (Å²) < 4.78 is 7.49. The number of carbonyl (C=O) groups excluding carboxylic acids is 1. The van der Waals surface area contributed by atoms with E-state index in [0.717, 1.165) is 23.1 Å². The van der Waals surface area contributed by atoms with Crippen LogP contribution in [0.25, 0.3) is 5.95 Å². The zero-order valence-electron chi connectivity index (χ0n) is 18.4. The number of benzene rings is 1. The third-order valence-electron chi connectivity index (χ3n) is 5.58. The minimum atomic E-state index is -0.128. The van der Waals surface area contributed by atoms with E-state index in [0.29, 0.717) is 44.3 Å². The second kappa shape index (κ2) is 10.7. The Morgan fingerprint density at radius 3 is 2.91 bits per heavy atom. The predicted molar refractivity (Wildman–Crippen MR) is 117 cm³/mol. The highest BCUT2D eigenvalue weighted by molar-refractivity contribution is 5.78. The van der Waals surface area contributed by atoms with Gasteiger partial charge < -0.3 is 15.0 Å². The molecule has 3 heterocycles. The van der Waals surface area contributed by atoms with Gasteiger partial charge in [-0.1, -0.05) is 12.1 Å². The van der Waals surface area contributed by atoms with Gasteiger partial charge in [-0.3, -0.25) is 4.79 Å². The smallest absolute Gasteiger partial charge is 0.253 e. The average molecular weight is 448 g/mol. The Kier molecular flexibility index (Phi) is 7.29. The Hall–Kier alpha value is -3.75. The highest BCUT2D eigenvalue weighted by Gasteiger charge is 2.20. The highest BCUT2D eigenvalue weighted by atomic mass is 16.5. The molecule has 1 fully saturated rings. The molecule has 0 saturated carbocycles. The number of tetrazole rings is 1. The van der Waals surface area contributed by atoms with Crippen molar-refractivity contribution in [1.82, 2.24) is 40.4 Å². The number of hydrogen-bond acceptors (Lipinski definition) is 9. The molecule has 1 atom stereocenters. The maximum atomic E-state index is 12.9. The van der Waals surface area contributed by atoms with E-state index in [1.54, 1.807) is 12.4 Å². The minimum Gasteiger partial charge on any atom is -0.372 e. The van der Waals surface area contributed by atoms with Crippen molar-refractivity contribution in [2.24, 2.45) is 0 Å². The van der Waals surface area contributed by atoms with E-state index in [1.165, 1.54) is 11.0 Å². The number of carbonyl (C=O) groups is 1. The molecule has 1 aliphatic heterocycles. The standard InChI is InChI=1S/C22H25N9O2/c1-16-18(11-23)4-2-5-19(16)20-14-24-6-8-30(7-3-9-33-20)21(32)10-17-12-25-22(26-13-17)31-15-27-28-29-31/h2,4-5,12-13,15,20,24H,3,6-10,14H2,1H3/t20-/m1/s1. The first-order valence-corrected chi connectivity index (χ1v) is 10.8. The van der Waals surface area contributed by atoms with E-state index in [9.17, 15) is 10.1 Å². The third-order valence-corrected chi connectivity index (χ3v) is 5.58. The van der Waals surface area contributed by atoms with Crippen molar-refractivity contribution in [1.29, 1.82) is 5.26 Å². The number of ether oxygens (including phenoxy) is 1. The van der Waals surface area contributed by atoms with E-state index < -0.39 is 0 Å². The molecule has 33 heavy (non-hydrogen) atoms. The molecule has 1 amide bonds. The zero-order chi connectivity index (χ0) is 23.0.